The van der Waals surface area contributed by atoms with E-state index >= 15 is 0 Å². The zero-order valence-corrected chi connectivity index (χ0v) is 16.1. The Bertz CT molecular complexity index is 510. The molecule has 2 atom stereocenters. The zero-order valence-electron chi connectivity index (χ0n) is 16.1. The summed E-state index contributed by atoms with van der Waals surface area (Å²) in [4.78, 5) is 0. The van der Waals surface area contributed by atoms with Crippen molar-refractivity contribution in [1.82, 2.24) is 0 Å². The summed E-state index contributed by atoms with van der Waals surface area (Å²) >= 11 is 0. The lowest BCUT2D eigenvalue weighted by Crippen LogP contribution is -2.18. The van der Waals surface area contributed by atoms with Crippen molar-refractivity contribution < 1.29 is 10.2 Å². The molecule has 136 valence electrons. The molecule has 1 fully saturated rings. The van der Waals surface area contributed by atoms with Crippen LogP contribution in [0.25, 0.3) is 0 Å². The van der Waals surface area contributed by atoms with Gasteiger partial charge in [0.05, 0.1) is 0 Å². The van der Waals surface area contributed by atoms with E-state index in [1.54, 1.807) is 0 Å². The first-order chi connectivity index (χ1) is 11.3. The fourth-order valence-corrected chi connectivity index (χ4v) is 4.27. The van der Waals surface area contributed by atoms with Crippen LogP contribution in [0.3, 0.4) is 0 Å². The van der Waals surface area contributed by atoms with Crippen LogP contribution in [-0.2, 0) is 5.41 Å². The van der Waals surface area contributed by atoms with E-state index in [2.05, 4.69) is 27.7 Å². The topological polar surface area (TPSA) is 40.5 Å². The summed E-state index contributed by atoms with van der Waals surface area (Å²) in [5.74, 6) is 1.57. The minimum absolute atomic E-state index is 0.0128. The number of rotatable bonds is 7. The van der Waals surface area contributed by atoms with Gasteiger partial charge in [-0.1, -0.05) is 66.2 Å². The fourth-order valence-electron chi connectivity index (χ4n) is 4.27. The first-order valence-corrected chi connectivity index (χ1v) is 9.91. The van der Waals surface area contributed by atoms with E-state index in [0.717, 1.165) is 30.4 Å². The molecule has 1 aromatic carbocycles. The van der Waals surface area contributed by atoms with Crippen LogP contribution < -0.4 is 0 Å². The number of benzene rings is 1. The molecule has 0 amide bonds. The van der Waals surface area contributed by atoms with Crippen molar-refractivity contribution in [2.24, 2.45) is 5.92 Å². The van der Waals surface area contributed by atoms with E-state index in [9.17, 15) is 10.2 Å². The van der Waals surface area contributed by atoms with Crippen molar-refractivity contribution in [2.75, 3.05) is 0 Å². The quantitative estimate of drug-likeness (QED) is 0.549. The van der Waals surface area contributed by atoms with Crippen LogP contribution >= 0.6 is 0 Å². The molecule has 1 saturated carbocycles. The standard InChI is InChI=1S/C22H36O2/c1-5-6-7-8-12-22(3,4)18-14-19(23)21(20(24)15-18)17-11-9-10-16(2)13-17/h14-17,23-24H,5-13H2,1-4H3/t16?,17-/m1/s1. The lowest BCUT2D eigenvalue weighted by Gasteiger charge is -2.30. The Labute approximate surface area is 148 Å². The highest BCUT2D eigenvalue weighted by molar-refractivity contribution is 5.50. The second-order valence-corrected chi connectivity index (χ2v) is 8.59. The monoisotopic (exact) mass is 332 g/mol. The minimum Gasteiger partial charge on any atom is -0.508 e. The second kappa shape index (κ2) is 8.27. The highest BCUT2D eigenvalue weighted by Gasteiger charge is 2.28. The highest BCUT2D eigenvalue weighted by Crippen LogP contribution is 2.45. The molecule has 0 saturated heterocycles. The van der Waals surface area contributed by atoms with Gasteiger partial charge >= 0.3 is 0 Å². The molecule has 24 heavy (non-hydrogen) atoms. The molecule has 0 spiro atoms. The van der Waals surface area contributed by atoms with Crippen LogP contribution in [0.15, 0.2) is 12.1 Å². The second-order valence-electron chi connectivity index (χ2n) is 8.59. The van der Waals surface area contributed by atoms with Crippen molar-refractivity contribution in [1.29, 1.82) is 0 Å². The molecular formula is C22H36O2. The third-order valence-corrected chi connectivity index (χ3v) is 5.92. The average molecular weight is 333 g/mol. The van der Waals surface area contributed by atoms with Crippen LogP contribution in [0.2, 0.25) is 0 Å². The molecule has 1 unspecified atom stereocenters. The first kappa shape index (κ1) is 19.1. The van der Waals surface area contributed by atoms with Crippen LogP contribution in [-0.4, -0.2) is 10.2 Å². The molecule has 1 aliphatic rings. The summed E-state index contributed by atoms with van der Waals surface area (Å²) < 4.78 is 0. The average Bonchev–Trinajstić information content (AvgIpc) is 2.51. The Kier molecular flexibility index (Phi) is 6.60. The smallest absolute Gasteiger partial charge is 0.123 e. The Morgan fingerprint density at radius 3 is 2.29 bits per heavy atom. The zero-order chi connectivity index (χ0) is 17.7. The minimum atomic E-state index is -0.0128. The fraction of sp³-hybridized carbons (Fsp3) is 0.727. The van der Waals surface area contributed by atoms with E-state index in [0.29, 0.717) is 23.3 Å². The first-order valence-electron chi connectivity index (χ1n) is 9.91. The molecule has 2 nitrogen and oxygen atoms in total. The molecule has 2 rings (SSSR count). The lowest BCUT2D eigenvalue weighted by atomic mass is 9.75. The van der Waals surface area contributed by atoms with Gasteiger partial charge in [-0.25, -0.2) is 0 Å². The molecule has 0 aliphatic heterocycles. The Balaban J connectivity index is 2.16. The van der Waals surface area contributed by atoms with Crippen LogP contribution in [0.1, 0.15) is 103 Å². The third kappa shape index (κ3) is 4.68. The molecule has 2 N–H and O–H groups in total. The molecule has 0 bridgehead atoms. The maximum atomic E-state index is 10.6. The summed E-state index contributed by atoms with van der Waals surface area (Å²) in [7, 11) is 0. The number of hydrogen-bond donors (Lipinski definition) is 2. The molecule has 1 aliphatic carbocycles. The predicted molar refractivity (Wildman–Crippen MR) is 102 cm³/mol. The molecular weight excluding hydrogens is 296 g/mol. The summed E-state index contributed by atoms with van der Waals surface area (Å²) in [6, 6.07) is 3.82. The summed E-state index contributed by atoms with van der Waals surface area (Å²) in [5.41, 5.74) is 1.83. The SMILES string of the molecule is CCCCCCC(C)(C)c1cc(O)c([C@@H]2CCCC(C)C2)c(O)c1. The maximum absolute atomic E-state index is 10.6. The van der Waals surface area contributed by atoms with Gasteiger partial charge in [0.25, 0.3) is 0 Å². The normalized spacial score (nSPS) is 21.8. The van der Waals surface area contributed by atoms with E-state index in [-0.39, 0.29) is 5.41 Å². The summed E-state index contributed by atoms with van der Waals surface area (Å²) in [6.45, 7) is 8.94. The number of phenols is 2. The molecule has 0 aromatic heterocycles. The summed E-state index contributed by atoms with van der Waals surface area (Å²) in [6.07, 6.45) is 10.7. The predicted octanol–water partition coefficient (Wildman–Crippen LogP) is 6.64. The molecule has 0 radical (unpaired) electrons. The van der Waals surface area contributed by atoms with Crippen molar-refractivity contribution in [2.45, 2.75) is 96.8 Å². The molecule has 0 heterocycles. The van der Waals surface area contributed by atoms with E-state index in [4.69, 9.17) is 0 Å². The van der Waals surface area contributed by atoms with Gasteiger partial charge in [0.1, 0.15) is 11.5 Å². The van der Waals surface area contributed by atoms with Crippen LogP contribution in [0.4, 0.5) is 0 Å². The number of phenolic OH excluding ortho intramolecular Hbond substituents is 2. The van der Waals surface area contributed by atoms with Gasteiger partial charge in [0.15, 0.2) is 0 Å². The Morgan fingerprint density at radius 2 is 1.71 bits per heavy atom. The van der Waals surface area contributed by atoms with Crippen LogP contribution in [0, 0.1) is 5.92 Å². The van der Waals surface area contributed by atoms with E-state index in [1.807, 2.05) is 12.1 Å². The largest absolute Gasteiger partial charge is 0.508 e. The van der Waals surface area contributed by atoms with Gasteiger partial charge in [0.2, 0.25) is 0 Å². The van der Waals surface area contributed by atoms with Crippen molar-refractivity contribution >= 4 is 0 Å². The lowest BCUT2D eigenvalue weighted by molar-refractivity contribution is 0.326. The van der Waals surface area contributed by atoms with Gasteiger partial charge in [-0.2, -0.15) is 0 Å². The maximum Gasteiger partial charge on any atom is 0.123 e. The number of aromatic hydroxyl groups is 2. The van der Waals surface area contributed by atoms with Gasteiger partial charge in [-0.15, -0.1) is 0 Å². The van der Waals surface area contributed by atoms with Gasteiger partial charge in [-0.3, -0.25) is 0 Å². The van der Waals surface area contributed by atoms with Crippen molar-refractivity contribution in [3.63, 3.8) is 0 Å². The summed E-state index contributed by atoms with van der Waals surface area (Å²) in [5, 5.41) is 21.2. The van der Waals surface area contributed by atoms with Gasteiger partial charge in [-0.05, 0) is 54.2 Å². The Morgan fingerprint density at radius 1 is 1.04 bits per heavy atom. The molecule has 2 heteroatoms. The number of unbranched alkanes of at least 4 members (excludes halogenated alkanes) is 3. The highest BCUT2D eigenvalue weighted by atomic mass is 16.3. The van der Waals surface area contributed by atoms with Crippen LogP contribution in [0.5, 0.6) is 11.5 Å². The van der Waals surface area contributed by atoms with Crippen molar-refractivity contribution in [3.8, 4) is 11.5 Å². The molecule has 1 aromatic rings. The van der Waals surface area contributed by atoms with E-state index < -0.39 is 0 Å². The number of hydrogen-bond acceptors (Lipinski definition) is 2. The third-order valence-electron chi connectivity index (χ3n) is 5.92. The van der Waals surface area contributed by atoms with Gasteiger partial charge < -0.3 is 10.2 Å². The van der Waals surface area contributed by atoms with E-state index in [1.165, 1.54) is 38.5 Å². The van der Waals surface area contributed by atoms with Crippen molar-refractivity contribution in [3.05, 3.63) is 23.3 Å². The van der Waals surface area contributed by atoms with Gasteiger partial charge in [0, 0.05) is 5.56 Å². The Hall–Kier alpha value is -1.18.